The third-order valence-electron chi connectivity index (χ3n) is 4.93. The van der Waals surface area contributed by atoms with Gasteiger partial charge in [-0.05, 0) is 47.9 Å². The average molecular weight is 496 g/mol. The zero-order chi connectivity index (χ0) is 23.4. The maximum atomic E-state index is 12.5. The summed E-state index contributed by atoms with van der Waals surface area (Å²) in [6, 6.07) is 20.3. The lowest BCUT2D eigenvalue weighted by atomic mass is 10.0. The van der Waals surface area contributed by atoms with Crippen molar-refractivity contribution in [3.8, 4) is 0 Å². The second kappa shape index (κ2) is 10.4. The maximum Gasteiger partial charge on any atom is 0.257 e. The molecule has 3 aromatic carbocycles. The van der Waals surface area contributed by atoms with Gasteiger partial charge in [0, 0.05) is 11.4 Å². The van der Waals surface area contributed by atoms with E-state index in [1.165, 1.54) is 23.1 Å². The van der Waals surface area contributed by atoms with Crippen molar-refractivity contribution >= 4 is 68.1 Å². The molecule has 1 aromatic heterocycles. The van der Waals surface area contributed by atoms with E-state index in [1.807, 2.05) is 36.4 Å². The zero-order valence-electron chi connectivity index (χ0n) is 18.1. The summed E-state index contributed by atoms with van der Waals surface area (Å²) in [5.41, 5.74) is 3.87. The maximum absolute atomic E-state index is 12.5. The zero-order valence-corrected chi connectivity index (χ0v) is 20.5. The molecule has 4 aromatic rings. The van der Waals surface area contributed by atoms with Crippen LogP contribution in [-0.2, 0) is 4.79 Å². The van der Waals surface area contributed by atoms with Gasteiger partial charge in [0.2, 0.25) is 5.91 Å². The van der Waals surface area contributed by atoms with Gasteiger partial charge in [0.25, 0.3) is 5.91 Å². The van der Waals surface area contributed by atoms with Gasteiger partial charge in [0.05, 0.1) is 26.6 Å². The molecule has 1 heterocycles. The summed E-state index contributed by atoms with van der Waals surface area (Å²) < 4.78 is 1.73. The molecule has 4 rings (SSSR count). The number of fused-ring (bicyclic) bond motifs is 1. The minimum atomic E-state index is -0.266. The molecule has 0 saturated heterocycles. The molecule has 2 amide bonds. The van der Waals surface area contributed by atoms with Gasteiger partial charge in [-0.25, -0.2) is 4.98 Å². The highest BCUT2D eigenvalue weighted by atomic mass is 35.5. The van der Waals surface area contributed by atoms with E-state index in [1.54, 1.807) is 30.3 Å². The number of carbonyl (C=O) groups excluding carboxylic acids is 2. The number of para-hydroxylation sites is 1. The smallest absolute Gasteiger partial charge is 0.257 e. The fraction of sp³-hybridized carbons (Fsp3) is 0.160. The first-order chi connectivity index (χ1) is 15.9. The third-order valence-corrected chi connectivity index (χ3v) is 7.42. The fourth-order valence-corrected chi connectivity index (χ4v) is 5.44. The molecule has 0 radical (unpaired) electrons. The lowest BCUT2D eigenvalue weighted by Gasteiger charge is -2.13. The molecule has 0 atom stereocenters. The second-order valence-electron chi connectivity index (χ2n) is 7.68. The first kappa shape index (κ1) is 23.3. The van der Waals surface area contributed by atoms with Crippen molar-refractivity contribution in [3.05, 3.63) is 82.9 Å². The topological polar surface area (TPSA) is 71.1 Å². The number of anilines is 2. The van der Waals surface area contributed by atoms with Gasteiger partial charge < -0.3 is 10.6 Å². The number of hydrogen-bond acceptors (Lipinski definition) is 5. The predicted molar refractivity (Wildman–Crippen MR) is 139 cm³/mol. The molecule has 0 aliphatic rings. The number of rotatable bonds is 7. The molecule has 0 spiro atoms. The standard InChI is InChI=1S/C25H22ClN3O2S2/c1-15(2)17-7-4-6-10-20(17)28-23(30)14-32-25-29-21-12-11-16(13-22(21)33-25)27-24(31)18-8-3-5-9-19(18)26/h3-13,15H,14H2,1-2H3,(H,27,31)(H,28,30). The summed E-state index contributed by atoms with van der Waals surface area (Å²) in [5.74, 6) is 0.256. The Morgan fingerprint density at radius 1 is 1.03 bits per heavy atom. The van der Waals surface area contributed by atoms with Crippen LogP contribution < -0.4 is 10.6 Å². The van der Waals surface area contributed by atoms with Crippen LogP contribution in [0.1, 0.15) is 35.7 Å². The largest absolute Gasteiger partial charge is 0.325 e. The number of carbonyl (C=O) groups is 2. The van der Waals surface area contributed by atoms with Gasteiger partial charge in [-0.15, -0.1) is 11.3 Å². The third kappa shape index (κ3) is 5.74. The summed E-state index contributed by atoms with van der Waals surface area (Å²) in [6.45, 7) is 4.21. The molecule has 0 aliphatic carbocycles. The quantitative estimate of drug-likeness (QED) is 0.269. The number of thioether (sulfide) groups is 1. The highest BCUT2D eigenvalue weighted by molar-refractivity contribution is 8.01. The molecular weight excluding hydrogens is 474 g/mol. The Morgan fingerprint density at radius 3 is 2.58 bits per heavy atom. The Hall–Kier alpha value is -2.87. The van der Waals surface area contributed by atoms with Gasteiger partial charge in [-0.2, -0.15) is 0 Å². The summed E-state index contributed by atoms with van der Waals surface area (Å²) in [4.78, 5) is 29.6. The highest BCUT2D eigenvalue weighted by Crippen LogP contribution is 2.32. The predicted octanol–water partition coefficient (Wildman–Crippen LogP) is 7.06. The summed E-state index contributed by atoms with van der Waals surface area (Å²) in [6.07, 6.45) is 0. The van der Waals surface area contributed by atoms with E-state index in [9.17, 15) is 9.59 Å². The summed E-state index contributed by atoms with van der Waals surface area (Å²) in [7, 11) is 0. The normalized spacial score (nSPS) is 11.0. The van der Waals surface area contributed by atoms with Crippen molar-refractivity contribution in [2.45, 2.75) is 24.1 Å². The molecule has 8 heteroatoms. The number of halogens is 1. The number of amides is 2. The number of aromatic nitrogens is 1. The monoisotopic (exact) mass is 495 g/mol. The van der Waals surface area contributed by atoms with E-state index in [4.69, 9.17) is 11.6 Å². The van der Waals surface area contributed by atoms with Crippen molar-refractivity contribution in [2.75, 3.05) is 16.4 Å². The van der Waals surface area contributed by atoms with Crippen LogP contribution in [0.25, 0.3) is 10.2 Å². The number of benzene rings is 3. The van der Waals surface area contributed by atoms with Gasteiger partial charge in [-0.3, -0.25) is 9.59 Å². The molecule has 5 nitrogen and oxygen atoms in total. The van der Waals surface area contributed by atoms with E-state index < -0.39 is 0 Å². The van der Waals surface area contributed by atoms with Gasteiger partial charge in [0.1, 0.15) is 0 Å². The lowest BCUT2D eigenvalue weighted by Crippen LogP contribution is -2.15. The molecule has 33 heavy (non-hydrogen) atoms. The van der Waals surface area contributed by atoms with Gasteiger partial charge in [-0.1, -0.05) is 67.5 Å². The molecule has 0 aliphatic heterocycles. The number of thiazole rings is 1. The first-order valence-corrected chi connectivity index (χ1v) is 12.6. The van der Waals surface area contributed by atoms with E-state index in [-0.39, 0.29) is 17.6 Å². The average Bonchev–Trinajstić information content (AvgIpc) is 3.20. The Kier molecular flexibility index (Phi) is 7.33. The molecular formula is C25H22ClN3O2S2. The molecule has 0 fully saturated rings. The Labute approximate surface area is 205 Å². The van der Waals surface area contributed by atoms with E-state index in [0.29, 0.717) is 22.2 Å². The van der Waals surface area contributed by atoms with E-state index in [0.717, 1.165) is 25.8 Å². The van der Waals surface area contributed by atoms with E-state index >= 15 is 0 Å². The van der Waals surface area contributed by atoms with Gasteiger partial charge in [0.15, 0.2) is 4.34 Å². The summed E-state index contributed by atoms with van der Waals surface area (Å²) in [5, 5.41) is 6.29. The van der Waals surface area contributed by atoms with Crippen LogP contribution in [0.5, 0.6) is 0 Å². The number of nitrogens with zero attached hydrogens (tertiary/aromatic N) is 1. The molecule has 0 unspecified atom stereocenters. The molecule has 0 bridgehead atoms. The Bertz CT molecular complexity index is 1320. The van der Waals surface area contributed by atoms with Crippen LogP contribution >= 0.6 is 34.7 Å². The van der Waals surface area contributed by atoms with Crippen molar-refractivity contribution in [2.24, 2.45) is 0 Å². The fourth-order valence-electron chi connectivity index (χ4n) is 3.31. The van der Waals surface area contributed by atoms with Crippen LogP contribution in [0.4, 0.5) is 11.4 Å². The number of nitrogens with one attached hydrogen (secondary N) is 2. The molecule has 168 valence electrons. The lowest BCUT2D eigenvalue weighted by molar-refractivity contribution is -0.113. The minimum Gasteiger partial charge on any atom is -0.325 e. The van der Waals surface area contributed by atoms with Gasteiger partial charge >= 0.3 is 0 Å². The Morgan fingerprint density at radius 2 is 1.79 bits per heavy atom. The molecule has 2 N–H and O–H groups in total. The Balaban J connectivity index is 1.40. The van der Waals surface area contributed by atoms with Crippen LogP contribution in [-0.4, -0.2) is 22.6 Å². The van der Waals surface area contributed by atoms with Crippen LogP contribution in [0.3, 0.4) is 0 Å². The first-order valence-electron chi connectivity index (χ1n) is 10.4. The van der Waals surface area contributed by atoms with Crippen molar-refractivity contribution in [3.63, 3.8) is 0 Å². The van der Waals surface area contributed by atoms with Crippen LogP contribution in [0.2, 0.25) is 5.02 Å². The number of hydrogen-bond donors (Lipinski definition) is 2. The SMILES string of the molecule is CC(C)c1ccccc1NC(=O)CSc1nc2ccc(NC(=O)c3ccccc3Cl)cc2s1. The molecule has 0 saturated carbocycles. The summed E-state index contributed by atoms with van der Waals surface area (Å²) >= 11 is 9.00. The second-order valence-corrected chi connectivity index (χ2v) is 10.3. The minimum absolute atomic E-state index is 0.0694. The van der Waals surface area contributed by atoms with Crippen molar-refractivity contribution in [1.82, 2.24) is 4.98 Å². The van der Waals surface area contributed by atoms with Crippen LogP contribution in [0.15, 0.2) is 71.1 Å². The van der Waals surface area contributed by atoms with Crippen LogP contribution in [0, 0.1) is 0 Å². The van der Waals surface area contributed by atoms with Crippen molar-refractivity contribution < 1.29 is 9.59 Å². The highest BCUT2D eigenvalue weighted by Gasteiger charge is 2.13. The van der Waals surface area contributed by atoms with E-state index in [2.05, 4.69) is 29.5 Å². The van der Waals surface area contributed by atoms with Crippen molar-refractivity contribution in [1.29, 1.82) is 0 Å².